The van der Waals surface area contributed by atoms with Gasteiger partial charge in [0.25, 0.3) is 0 Å². The molecule has 1 unspecified atom stereocenters. The maximum absolute atomic E-state index is 12.1. The summed E-state index contributed by atoms with van der Waals surface area (Å²) in [6.07, 6.45) is 2.55. The van der Waals surface area contributed by atoms with Crippen LogP contribution in [0.3, 0.4) is 0 Å². The van der Waals surface area contributed by atoms with Gasteiger partial charge in [0.05, 0.1) is 6.20 Å². The standard InChI is InChI=1S/C11H13N3O4S2/c1-2-14-7-8(6-12-14)20(17,18)13-10(11(15)16)9-4-3-5-19-9/h3-7,10,13H,2H2,1H3,(H,15,16). The predicted molar refractivity (Wildman–Crippen MR) is 72.9 cm³/mol. The zero-order chi connectivity index (χ0) is 14.8. The molecule has 2 aromatic rings. The van der Waals surface area contributed by atoms with Crippen LogP contribution in [-0.2, 0) is 21.4 Å². The van der Waals surface area contributed by atoms with Crippen molar-refractivity contribution in [2.45, 2.75) is 24.4 Å². The summed E-state index contributed by atoms with van der Waals surface area (Å²) in [4.78, 5) is 11.6. The van der Waals surface area contributed by atoms with E-state index in [0.29, 0.717) is 11.4 Å². The summed E-state index contributed by atoms with van der Waals surface area (Å²) >= 11 is 1.18. The van der Waals surface area contributed by atoms with Crippen molar-refractivity contribution in [3.8, 4) is 0 Å². The lowest BCUT2D eigenvalue weighted by Gasteiger charge is -2.12. The van der Waals surface area contributed by atoms with Gasteiger partial charge in [-0.1, -0.05) is 6.07 Å². The Morgan fingerprint density at radius 3 is 2.85 bits per heavy atom. The smallest absolute Gasteiger partial charge is 0.327 e. The second-order valence-corrected chi connectivity index (χ2v) is 6.63. The van der Waals surface area contributed by atoms with E-state index in [9.17, 15) is 13.2 Å². The first-order chi connectivity index (χ1) is 9.44. The molecule has 2 aromatic heterocycles. The fraction of sp³-hybridized carbons (Fsp3) is 0.273. The molecule has 2 rings (SSSR count). The van der Waals surface area contributed by atoms with E-state index in [1.807, 2.05) is 6.92 Å². The van der Waals surface area contributed by atoms with Crippen LogP contribution in [0.15, 0.2) is 34.8 Å². The van der Waals surface area contributed by atoms with Gasteiger partial charge in [-0.2, -0.15) is 9.82 Å². The Labute approximate surface area is 119 Å². The molecule has 0 aliphatic rings. The third-order valence-electron chi connectivity index (χ3n) is 2.59. The second-order valence-electron chi connectivity index (χ2n) is 3.94. The molecule has 2 heterocycles. The molecule has 0 amide bonds. The number of nitrogens with zero attached hydrogens (tertiary/aromatic N) is 2. The fourth-order valence-electron chi connectivity index (χ4n) is 1.57. The van der Waals surface area contributed by atoms with Crippen molar-refractivity contribution in [1.82, 2.24) is 14.5 Å². The number of hydrogen-bond donors (Lipinski definition) is 2. The van der Waals surface area contributed by atoms with Gasteiger partial charge in [0.15, 0.2) is 6.04 Å². The third-order valence-corrected chi connectivity index (χ3v) is 4.91. The average Bonchev–Trinajstić information content (AvgIpc) is 3.06. The van der Waals surface area contributed by atoms with Crippen LogP contribution in [0.4, 0.5) is 0 Å². The zero-order valence-corrected chi connectivity index (χ0v) is 12.2. The van der Waals surface area contributed by atoms with Gasteiger partial charge in [-0.15, -0.1) is 11.3 Å². The average molecular weight is 315 g/mol. The summed E-state index contributed by atoms with van der Waals surface area (Å²) in [5.74, 6) is -1.25. The minimum Gasteiger partial charge on any atom is -0.480 e. The maximum Gasteiger partial charge on any atom is 0.327 e. The fourth-order valence-corrected chi connectivity index (χ4v) is 3.53. The number of carboxylic acids is 1. The molecule has 0 bridgehead atoms. The number of carboxylic acid groups (broad SMARTS) is 1. The molecule has 0 saturated carbocycles. The Morgan fingerprint density at radius 1 is 1.60 bits per heavy atom. The first kappa shape index (κ1) is 14.7. The van der Waals surface area contributed by atoms with Crippen LogP contribution in [0.25, 0.3) is 0 Å². The summed E-state index contributed by atoms with van der Waals surface area (Å²) in [5.41, 5.74) is 0. The molecule has 0 aromatic carbocycles. The summed E-state index contributed by atoms with van der Waals surface area (Å²) in [7, 11) is -3.93. The second kappa shape index (κ2) is 5.73. The van der Waals surface area contributed by atoms with Crippen molar-refractivity contribution in [2.75, 3.05) is 0 Å². The van der Waals surface area contributed by atoms with E-state index in [1.165, 1.54) is 28.4 Å². The highest BCUT2D eigenvalue weighted by Crippen LogP contribution is 2.21. The normalized spacial score (nSPS) is 13.2. The summed E-state index contributed by atoms with van der Waals surface area (Å²) < 4.78 is 27.9. The Kier molecular flexibility index (Phi) is 4.21. The van der Waals surface area contributed by atoms with Crippen LogP contribution < -0.4 is 4.72 Å². The molecule has 7 nitrogen and oxygen atoms in total. The summed E-state index contributed by atoms with van der Waals surface area (Å²) in [6, 6.07) is 1.94. The zero-order valence-electron chi connectivity index (χ0n) is 10.6. The Bertz CT molecular complexity index is 691. The van der Waals surface area contributed by atoms with Crippen molar-refractivity contribution in [1.29, 1.82) is 0 Å². The van der Waals surface area contributed by atoms with E-state index in [0.717, 1.165) is 0 Å². The summed E-state index contributed by atoms with van der Waals surface area (Å²) in [6.45, 7) is 2.35. The van der Waals surface area contributed by atoms with Crippen LogP contribution in [0.2, 0.25) is 0 Å². The monoisotopic (exact) mass is 315 g/mol. The molecule has 0 saturated heterocycles. The molecule has 1 atom stereocenters. The molecule has 2 N–H and O–H groups in total. The van der Waals surface area contributed by atoms with Crippen LogP contribution in [0, 0.1) is 0 Å². The van der Waals surface area contributed by atoms with Gasteiger partial charge >= 0.3 is 5.97 Å². The van der Waals surface area contributed by atoms with E-state index in [1.54, 1.807) is 17.5 Å². The predicted octanol–water partition coefficient (Wildman–Crippen LogP) is 1.07. The number of hydrogen-bond acceptors (Lipinski definition) is 5. The number of carbonyl (C=O) groups is 1. The molecule has 9 heteroatoms. The van der Waals surface area contributed by atoms with E-state index >= 15 is 0 Å². The molecule has 0 aliphatic carbocycles. The van der Waals surface area contributed by atoms with Crippen LogP contribution in [0.1, 0.15) is 17.8 Å². The maximum atomic E-state index is 12.1. The Hall–Kier alpha value is -1.71. The van der Waals surface area contributed by atoms with Gasteiger partial charge in [0.1, 0.15) is 4.90 Å². The number of nitrogens with one attached hydrogen (secondary N) is 1. The minimum atomic E-state index is -3.93. The van der Waals surface area contributed by atoms with Crippen molar-refractivity contribution < 1.29 is 18.3 Å². The van der Waals surface area contributed by atoms with Gasteiger partial charge in [0, 0.05) is 17.6 Å². The van der Waals surface area contributed by atoms with E-state index in [4.69, 9.17) is 5.11 Å². The number of sulfonamides is 1. The lowest BCUT2D eigenvalue weighted by Crippen LogP contribution is -2.33. The Balaban J connectivity index is 2.28. The molecule has 108 valence electrons. The molecular weight excluding hydrogens is 302 g/mol. The molecule has 20 heavy (non-hydrogen) atoms. The van der Waals surface area contributed by atoms with Crippen LogP contribution in [-0.4, -0.2) is 29.3 Å². The van der Waals surface area contributed by atoms with E-state index in [-0.39, 0.29) is 4.90 Å². The van der Waals surface area contributed by atoms with Gasteiger partial charge < -0.3 is 5.11 Å². The van der Waals surface area contributed by atoms with Crippen molar-refractivity contribution >= 4 is 27.3 Å². The molecule has 0 radical (unpaired) electrons. The summed E-state index contributed by atoms with van der Waals surface area (Å²) in [5, 5.41) is 14.7. The number of aryl methyl sites for hydroxylation is 1. The number of aliphatic carboxylic acids is 1. The third kappa shape index (κ3) is 3.06. The molecule has 0 spiro atoms. The highest BCUT2D eigenvalue weighted by Gasteiger charge is 2.28. The molecular formula is C11H13N3O4S2. The highest BCUT2D eigenvalue weighted by molar-refractivity contribution is 7.89. The largest absolute Gasteiger partial charge is 0.480 e. The lowest BCUT2D eigenvalue weighted by atomic mass is 10.3. The number of rotatable bonds is 6. The van der Waals surface area contributed by atoms with Crippen LogP contribution >= 0.6 is 11.3 Å². The van der Waals surface area contributed by atoms with Gasteiger partial charge in [-0.05, 0) is 18.4 Å². The van der Waals surface area contributed by atoms with Gasteiger partial charge in [0.2, 0.25) is 10.0 Å². The quantitative estimate of drug-likeness (QED) is 0.830. The number of aromatic nitrogens is 2. The van der Waals surface area contributed by atoms with Crippen molar-refractivity contribution in [3.05, 3.63) is 34.8 Å². The Morgan fingerprint density at radius 2 is 2.35 bits per heavy atom. The van der Waals surface area contributed by atoms with Gasteiger partial charge in [-0.3, -0.25) is 9.48 Å². The van der Waals surface area contributed by atoms with Crippen LogP contribution in [0.5, 0.6) is 0 Å². The topological polar surface area (TPSA) is 101 Å². The SMILES string of the molecule is CCn1cc(S(=O)(=O)NC(C(=O)O)c2cccs2)cn1. The molecule has 0 aliphatic heterocycles. The first-order valence-electron chi connectivity index (χ1n) is 5.75. The lowest BCUT2D eigenvalue weighted by molar-refractivity contribution is -0.139. The highest BCUT2D eigenvalue weighted by atomic mass is 32.2. The van der Waals surface area contributed by atoms with E-state index in [2.05, 4.69) is 9.82 Å². The molecule has 0 fully saturated rings. The van der Waals surface area contributed by atoms with Gasteiger partial charge in [-0.25, -0.2) is 8.42 Å². The van der Waals surface area contributed by atoms with Crippen molar-refractivity contribution in [3.63, 3.8) is 0 Å². The number of thiophene rings is 1. The minimum absolute atomic E-state index is 0.0536. The van der Waals surface area contributed by atoms with Crippen molar-refractivity contribution in [2.24, 2.45) is 0 Å². The van der Waals surface area contributed by atoms with E-state index < -0.39 is 22.0 Å². The first-order valence-corrected chi connectivity index (χ1v) is 8.11.